The number of amides is 3. The van der Waals surface area contributed by atoms with Gasteiger partial charge in [-0.25, -0.2) is 0 Å². The fourth-order valence-corrected chi connectivity index (χ4v) is 3.22. The second-order valence-corrected chi connectivity index (χ2v) is 7.61. The topological polar surface area (TPSA) is 90.5 Å². The Morgan fingerprint density at radius 1 is 0.758 bits per heavy atom. The highest BCUT2D eigenvalue weighted by Crippen LogP contribution is 2.16. The molecular formula is C26H28N4O3. The molecule has 0 spiro atoms. The van der Waals surface area contributed by atoms with Crippen molar-refractivity contribution in [2.45, 2.75) is 19.9 Å². The second kappa shape index (κ2) is 11.5. The van der Waals surface area contributed by atoms with E-state index in [1.807, 2.05) is 36.4 Å². The van der Waals surface area contributed by atoms with Crippen LogP contribution in [0.2, 0.25) is 0 Å². The lowest BCUT2D eigenvalue weighted by Gasteiger charge is -2.18. The molecule has 0 radical (unpaired) electrons. The Labute approximate surface area is 193 Å². The van der Waals surface area contributed by atoms with Crippen LogP contribution in [-0.2, 0) is 16.1 Å². The van der Waals surface area contributed by atoms with Crippen LogP contribution in [0.25, 0.3) is 0 Å². The lowest BCUT2D eigenvalue weighted by atomic mass is 10.1. The molecule has 0 aliphatic carbocycles. The molecule has 3 aromatic rings. The number of benzene rings is 3. The van der Waals surface area contributed by atoms with E-state index < -0.39 is 0 Å². The predicted octanol–water partition coefficient (Wildman–Crippen LogP) is 4.36. The van der Waals surface area contributed by atoms with Crippen LogP contribution in [0, 0.1) is 0 Å². The molecule has 7 nitrogen and oxygen atoms in total. The largest absolute Gasteiger partial charge is 0.376 e. The molecule has 0 unspecified atom stereocenters. The average molecular weight is 445 g/mol. The zero-order chi connectivity index (χ0) is 23.6. The Bertz CT molecular complexity index is 1120. The van der Waals surface area contributed by atoms with E-state index in [1.165, 1.54) is 0 Å². The maximum Gasteiger partial charge on any atom is 0.253 e. The van der Waals surface area contributed by atoms with E-state index >= 15 is 0 Å². The van der Waals surface area contributed by atoms with Gasteiger partial charge in [-0.15, -0.1) is 0 Å². The van der Waals surface area contributed by atoms with E-state index in [-0.39, 0.29) is 24.3 Å². The Morgan fingerprint density at radius 2 is 1.39 bits per heavy atom. The van der Waals surface area contributed by atoms with Crippen molar-refractivity contribution in [3.05, 3.63) is 90.0 Å². The quantitative estimate of drug-likeness (QED) is 0.457. The van der Waals surface area contributed by atoms with Gasteiger partial charge in [-0.3, -0.25) is 14.4 Å². The third kappa shape index (κ3) is 7.21. The van der Waals surface area contributed by atoms with E-state index in [2.05, 4.69) is 16.0 Å². The molecule has 0 heterocycles. The van der Waals surface area contributed by atoms with Gasteiger partial charge in [0.1, 0.15) is 0 Å². The number of nitrogens with one attached hydrogen (secondary N) is 3. The molecule has 33 heavy (non-hydrogen) atoms. The molecule has 0 aliphatic heterocycles. The van der Waals surface area contributed by atoms with E-state index in [4.69, 9.17) is 0 Å². The number of hydrogen-bond donors (Lipinski definition) is 3. The van der Waals surface area contributed by atoms with Crippen LogP contribution < -0.4 is 16.0 Å². The number of carbonyl (C=O) groups excluding carboxylic acids is 3. The molecule has 0 aliphatic rings. The van der Waals surface area contributed by atoms with E-state index in [0.717, 1.165) is 5.56 Å². The number of carbonyl (C=O) groups is 3. The number of anilines is 3. The van der Waals surface area contributed by atoms with Crippen LogP contribution >= 0.6 is 0 Å². The first-order valence-corrected chi connectivity index (χ1v) is 10.8. The van der Waals surface area contributed by atoms with Gasteiger partial charge in [0, 0.05) is 42.6 Å². The van der Waals surface area contributed by atoms with Gasteiger partial charge in [-0.2, -0.15) is 0 Å². The van der Waals surface area contributed by atoms with E-state index in [9.17, 15) is 14.4 Å². The van der Waals surface area contributed by atoms with Gasteiger partial charge in [-0.05, 0) is 42.0 Å². The standard InChI is InChI=1S/C26H28N4O3/c1-3-24(31)28-23-14-8-12-21(16-23)27-17-25(32)29-22-13-7-11-20(15-22)26(33)30(2)18-19-9-5-4-6-10-19/h4-16,27H,3,17-18H2,1-2H3,(H,28,31)(H,29,32). The summed E-state index contributed by atoms with van der Waals surface area (Å²) in [4.78, 5) is 38.4. The molecule has 0 aromatic heterocycles. The van der Waals surface area contributed by atoms with Crippen LogP contribution in [0.3, 0.4) is 0 Å². The Kier molecular flexibility index (Phi) is 8.18. The van der Waals surface area contributed by atoms with Gasteiger partial charge >= 0.3 is 0 Å². The van der Waals surface area contributed by atoms with Gasteiger partial charge in [0.05, 0.1) is 6.54 Å². The van der Waals surface area contributed by atoms with E-state index in [0.29, 0.717) is 35.6 Å². The molecule has 0 fully saturated rings. The molecule has 3 aromatic carbocycles. The lowest BCUT2D eigenvalue weighted by Crippen LogP contribution is -2.26. The highest BCUT2D eigenvalue weighted by molar-refractivity contribution is 5.98. The van der Waals surface area contributed by atoms with Crippen molar-refractivity contribution in [2.75, 3.05) is 29.5 Å². The number of nitrogens with zero attached hydrogens (tertiary/aromatic N) is 1. The maximum atomic E-state index is 12.8. The van der Waals surface area contributed by atoms with Gasteiger partial charge in [0.15, 0.2) is 0 Å². The summed E-state index contributed by atoms with van der Waals surface area (Å²) in [5.41, 5.74) is 3.47. The minimum absolute atomic E-state index is 0.0389. The Morgan fingerprint density at radius 3 is 2.12 bits per heavy atom. The predicted molar refractivity (Wildman–Crippen MR) is 131 cm³/mol. The minimum atomic E-state index is -0.250. The van der Waals surface area contributed by atoms with Crippen molar-refractivity contribution >= 4 is 34.8 Å². The third-order valence-corrected chi connectivity index (χ3v) is 4.92. The number of hydrogen-bond acceptors (Lipinski definition) is 4. The first-order valence-electron chi connectivity index (χ1n) is 10.8. The van der Waals surface area contributed by atoms with Crippen LogP contribution in [0.15, 0.2) is 78.9 Å². The highest BCUT2D eigenvalue weighted by Gasteiger charge is 2.13. The van der Waals surface area contributed by atoms with Gasteiger partial charge in [0.25, 0.3) is 5.91 Å². The van der Waals surface area contributed by atoms with Gasteiger partial charge < -0.3 is 20.9 Å². The molecule has 3 amide bonds. The van der Waals surface area contributed by atoms with Crippen molar-refractivity contribution in [3.63, 3.8) is 0 Å². The first kappa shape index (κ1) is 23.5. The summed E-state index contributed by atoms with van der Waals surface area (Å²) < 4.78 is 0. The van der Waals surface area contributed by atoms with Gasteiger partial charge in [-0.1, -0.05) is 49.4 Å². The van der Waals surface area contributed by atoms with Crippen molar-refractivity contribution in [2.24, 2.45) is 0 Å². The normalized spacial score (nSPS) is 10.2. The molecule has 3 N–H and O–H groups in total. The van der Waals surface area contributed by atoms with Crippen molar-refractivity contribution in [1.29, 1.82) is 0 Å². The van der Waals surface area contributed by atoms with Crippen molar-refractivity contribution in [1.82, 2.24) is 4.90 Å². The fourth-order valence-electron chi connectivity index (χ4n) is 3.22. The zero-order valence-corrected chi connectivity index (χ0v) is 18.8. The Balaban J connectivity index is 1.55. The molecule has 0 bridgehead atoms. The molecular weight excluding hydrogens is 416 g/mol. The molecule has 0 saturated heterocycles. The van der Waals surface area contributed by atoms with Crippen LogP contribution in [0.4, 0.5) is 17.1 Å². The zero-order valence-electron chi connectivity index (χ0n) is 18.8. The maximum absolute atomic E-state index is 12.8. The summed E-state index contributed by atoms with van der Waals surface area (Å²) in [7, 11) is 1.75. The summed E-state index contributed by atoms with van der Waals surface area (Å²) in [5.74, 6) is -0.451. The van der Waals surface area contributed by atoms with Gasteiger partial charge in [0.2, 0.25) is 11.8 Å². The highest BCUT2D eigenvalue weighted by atomic mass is 16.2. The summed E-state index contributed by atoms with van der Waals surface area (Å²) in [6.45, 7) is 2.32. The molecule has 0 atom stereocenters. The lowest BCUT2D eigenvalue weighted by molar-refractivity contribution is -0.116. The van der Waals surface area contributed by atoms with E-state index in [1.54, 1.807) is 61.3 Å². The molecule has 3 rings (SSSR count). The first-order chi connectivity index (χ1) is 15.9. The summed E-state index contributed by atoms with van der Waals surface area (Å²) in [5, 5.41) is 8.64. The summed E-state index contributed by atoms with van der Waals surface area (Å²) >= 11 is 0. The molecule has 0 saturated carbocycles. The molecule has 170 valence electrons. The van der Waals surface area contributed by atoms with Crippen LogP contribution in [0.1, 0.15) is 29.3 Å². The smallest absolute Gasteiger partial charge is 0.253 e. The summed E-state index contributed by atoms with van der Waals surface area (Å²) in [6, 6.07) is 23.8. The average Bonchev–Trinajstić information content (AvgIpc) is 2.83. The SMILES string of the molecule is CCC(=O)Nc1cccc(NCC(=O)Nc2cccc(C(=O)N(C)Cc3ccccc3)c2)c1. The molecule has 7 heteroatoms. The minimum Gasteiger partial charge on any atom is -0.376 e. The number of rotatable bonds is 9. The fraction of sp³-hybridized carbons (Fsp3) is 0.192. The summed E-state index contributed by atoms with van der Waals surface area (Å²) in [6.07, 6.45) is 0.393. The second-order valence-electron chi connectivity index (χ2n) is 7.61. The Hall–Kier alpha value is -4.13. The van der Waals surface area contributed by atoms with Crippen molar-refractivity contribution < 1.29 is 14.4 Å². The monoisotopic (exact) mass is 444 g/mol. The van der Waals surface area contributed by atoms with Crippen LogP contribution in [0.5, 0.6) is 0 Å². The van der Waals surface area contributed by atoms with Crippen molar-refractivity contribution in [3.8, 4) is 0 Å². The van der Waals surface area contributed by atoms with Crippen LogP contribution in [-0.4, -0.2) is 36.2 Å². The third-order valence-electron chi connectivity index (χ3n) is 4.92.